The molecule has 0 aliphatic heterocycles. The van der Waals surface area contributed by atoms with Crippen molar-refractivity contribution in [3.8, 4) is 11.5 Å². The average molecular weight is 435 g/mol. The Balaban J connectivity index is 1.87. The van der Waals surface area contributed by atoms with Gasteiger partial charge < -0.3 is 19.7 Å². The van der Waals surface area contributed by atoms with E-state index in [2.05, 4.69) is 21.2 Å². The van der Waals surface area contributed by atoms with Crippen LogP contribution < -0.4 is 14.8 Å². The van der Waals surface area contributed by atoms with Crippen LogP contribution in [0.4, 0.5) is 5.69 Å². The van der Waals surface area contributed by atoms with Gasteiger partial charge in [-0.15, -0.1) is 0 Å². The van der Waals surface area contributed by atoms with Crippen molar-refractivity contribution in [2.75, 3.05) is 32.1 Å². The third-order valence-electron chi connectivity index (χ3n) is 3.77. The molecule has 7 heteroatoms. The van der Waals surface area contributed by atoms with Crippen molar-refractivity contribution in [2.24, 2.45) is 0 Å². The highest BCUT2D eigenvalue weighted by atomic mass is 79.9. The lowest BCUT2D eigenvalue weighted by Crippen LogP contribution is -2.37. The van der Waals surface area contributed by atoms with Crippen LogP contribution in [0, 0.1) is 6.92 Å². The summed E-state index contributed by atoms with van der Waals surface area (Å²) < 4.78 is 12.0. The van der Waals surface area contributed by atoms with Gasteiger partial charge in [-0.05, 0) is 49.7 Å². The second-order valence-electron chi connectivity index (χ2n) is 5.93. The van der Waals surface area contributed by atoms with Crippen molar-refractivity contribution >= 4 is 33.4 Å². The fourth-order valence-electron chi connectivity index (χ4n) is 2.35. The van der Waals surface area contributed by atoms with Gasteiger partial charge in [-0.1, -0.05) is 28.1 Å². The number of likely N-dealkylation sites (N-methyl/N-ethyl adjacent to an activating group) is 1. The molecule has 27 heavy (non-hydrogen) atoms. The van der Waals surface area contributed by atoms with Crippen LogP contribution in [0.3, 0.4) is 0 Å². The zero-order valence-corrected chi connectivity index (χ0v) is 17.2. The van der Waals surface area contributed by atoms with Crippen LogP contribution in [0.1, 0.15) is 12.5 Å². The Morgan fingerprint density at radius 2 is 1.78 bits per heavy atom. The number of aryl methyl sites for hydroxylation is 1. The van der Waals surface area contributed by atoms with Gasteiger partial charge in [0.05, 0.1) is 13.2 Å². The molecule has 0 heterocycles. The largest absolute Gasteiger partial charge is 0.490 e. The lowest BCUT2D eigenvalue weighted by molar-refractivity contribution is -0.135. The molecule has 0 saturated heterocycles. The number of nitrogens with one attached hydrogen (secondary N) is 1. The van der Waals surface area contributed by atoms with E-state index in [0.29, 0.717) is 23.8 Å². The summed E-state index contributed by atoms with van der Waals surface area (Å²) in [4.78, 5) is 25.8. The Hall–Kier alpha value is -2.54. The normalized spacial score (nSPS) is 10.2. The SMILES string of the molecule is CCOc1ccccc1OCC(=O)N(C)CC(=O)Nc1ccc(Br)cc1C. The predicted molar refractivity (Wildman–Crippen MR) is 108 cm³/mol. The van der Waals surface area contributed by atoms with E-state index in [1.807, 2.05) is 38.1 Å². The molecule has 2 amide bonds. The van der Waals surface area contributed by atoms with Crippen LogP contribution in [-0.2, 0) is 9.59 Å². The number of carbonyl (C=O) groups is 2. The Labute approximate surface area is 167 Å². The molecule has 0 saturated carbocycles. The highest BCUT2D eigenvalue weighted by Gasteiger charge is 2.15. The topological polar surface area (TPSA) is 67.9 Å². The van der Waals surface area contributed by atoms with E-state index in [0.717, 1.165) is 10.0 Å². The third-order valence-corrected chi connectivity index (χ3v) is 4.26. The number of hydrogen-bond acceptors (Lipinski definition) is 4. The lowest BCUT2D eigenvalue weighted by atomic mass is 10.2. The van der Waals surface area contributed by atoms with Crippen LogP contribution in [0.25, 0.3) is 0 Å². The zero-order chi connectivity index (χ0) is 19.8. The molecule has 0 aromatic heterocycles. The molecular formula is C20H23BrN2O4. The number of nitrogens with zero attached hydrogens (tertiary/aromatic N) is 1. The monoisotopic (exact) mass is 434 g/mol. The van der Waals surface area contributed by atoms with Gasteiger partial charge in [-0.25, -0.2) is 0 Å². The van der Waals surface area contributed by atoms with E-state index in [1.165, 1.54) is 4.90 Å². The van der Waals surface area contributed by atoms with Gasteiger partial charge in [0.15, 0.2) is 18.1 Å². The summed E-state index contributed by atoms with van der Waals surface area (Å²) in [5.41, 5.74) is 1.65. The van der Waals surface area contributed by atoms with Gasteiger partial charge in [0, 0.05) is 17.2 Å². The molecule has 1 N–H and O–H groups in total. The fraction of sp³-hybridized carbons (Fsp3) is 0.300. The molecule has 0 atom stereocenters. The smallest absolute Gasteiger partial charge is 0.260 e. The second kappa shape index (κ2) is 9.97. The number of anilines is 1. The molecule has 144 valence electrons. The highest BCUT2D eigenvalue weighted by molar-refractivity contribution is 9.10. The number of hydrogen-bond donors (Lipinski definition) is 1. The van der Waals surface area contributed by atoms with Gasteiger partial charge >= 0.3 is 0 Å². The van der Waals surface area contributed by atoms with E-state index in [9.17, 15) is 9.59 Å². The number of carbonyl (C=O) groups excluding carboxylic acids is 2. The average Bonchev–Trinajstić information content (AvgIpc) is 2.63. The van der Waals surface area contributed by atoms with E-state index >= 15 is 0 Å². The Bertz CT molecular complexity index is 810. The number of para-hydroxylation sites is 2. The van der Waals surface area contributed by atoms with E-state index < -0.39 is 0 Å². The van der Waals surface area contributed by atoms with Gasteiger partial charge in [0.25, 0.3) is 5.91 Å². The maximum atomic E-state index is 12.3. The Kier molecular flexibility index (Phi) is 7.67. The van der Waals surface area contributed by atoms with Gasteiger partial charge in [-0.2, -0.15) is 0 Å². The number of rotatable bonds is 8. The molecule has 0 unspecified atom stereocenters. The van der Waals surface area contributed by atoms with Crippen molar-refractivity contribution in [1.29, 1.82) is 0 Å². The van der Waals surface area contributed by atoms with Gasteiger partial charge in [0.2, 0.25) is 5.91 Å². The number of halogens is 1. The zero-order valence-electron chi connectivity index (χ0n) is 15.6. The van der Waals surface area contributed by atoms with Gasteiger partial charge in [-0.3, -0.25) is 9.59 Å². The minimum atomic E-state index is -0.302. The van der Waals surface area contributed by atoms with Crippen molar-refractivity contribution in [3.63, 3.8) is 0 Å². The standard InChI is InChI=1S/C20H23BrN2O4/c1-4-26-17-7-5-6-8-18(17)27-13-20(25)23(3)12-19(24)22-16-10-9-15(21)11-14(16)2/h5-11H,4,12-13H2,1-3H3,(H,22,24). The first-order chi connectivity index (χ1) is 12.9. The van der Waals surface area contributed by atoms with Crippen LogP contribution in [-0.4, -0.2) is 43.5 Å². The molecule has 0 radical (unpaired) electrons. The molecule has 0 spiro atoms. The maximum absolute atomic E-state index is 12.3. The second-order valence-corrected chi connectivity index (χ2v) is 6.84. The van der Waals surface area contributed by atoms with Crippen LogP contribution in [0.15, 0.2) is 46.9 Å². The van der Waals surface area contributed by atoms with Crippen molar-refractivity contribution in [1.82, 2.24) is 4.90 Å². The maximum Gasteiger partial charge on any atom is 0.260 e. The first-order valence-corrected chi connectivity index (χ1v) is 9.34. The lowest BCUT2D eigenvalue weighted by Gasteiger charge is -2.18. The fourth-order valence-corrected chi connectivity index (χ4v) is 2.83. The molecule has 2 aromatic rings. The van der Waals surface area contributed by atoms with Crippen LogP contribution >= 0.6 is 15.9 Å². The molecular weight excluding hydrogens is 412 g/mol. The Morgan fingerprint density at radius 3 is 2.41 bits per heavy atom. The Morgan fingerprint density at radius 1 is 1.11 bits per heavy atom. The molecule has 2 aromatic carbocycles. The van der Waals surface area contributed by atoms with Crippen LogP contribution in [0.5, 0.6) is 11.5 Å². The minimum absolute atomic E-state index is 0.0647. The summed E-state index contributed by atoms with van der Waals surface area (Å²) in [6.45, 7) is 4.04. The van der Waals surface area contributed by atoms with Crippen molar-refractivity contribution < 1.29 is 19.1 Å². The van der Waals surface area contributed by atoms with Crippen molar-refractivity contribution in [2.45, 2.75) is 13.8 Å². The van der Waals surface area contributed by atoms with Gasteiger partial charge in [0.1, 0.15) is 0 Å². The molecule has 0 fully saturated rings. The first-order valence-electron chi connectivity index (χ1n) is 8.55. The highest BCUT2D eigenvalue weighted by Crippen LogP contribution is 2.26. The summed E-state index contributed by atoms with van der Waals surface area (Å²) >= 11 is 3.38. The summed E-state index contributed by atoms with van der Waals surface area (Å²) in [5.74, 6) is 0.505. The summed E-state index contributed by atoms with van der Waals surface area (Å²) in [5, 5.41) is 2.81. The van der Waals surface area contributed by atoms with Crippen molar-refractivity contribution in [3.05, 3.63) is 52.5 Å². The molecule has 6 nitrogen and oxygen atoms in total. The molecule has 0 aliphatic rings. The predicted octanol–water partition coefficient (Wildman–Crippen LogP) is 3.63. The summed E-state index contributed by atoms with van der Waals surface area (Å²) in [6.07, 6.45) is 0. The minimum Gasteiger partial charge on any atom is -0.490 e. The quantitative estimate of drug-likeness (QED) is 0.688. The summed E-state index contributed by atoms with van der Waals surface area (Å²) in [6, 6.07) is 12.7. The first kappa shape index (κ1) is 20.8. The molecule has 0 bridgehead atoms. The number of amides is 2. The number of benzene rings is 2. The third kappa shape index (κ3) is 6.29. The molecule has 0 aliphatic carbocycles. The van der Waals surface area contributed by atoms with E-state index in [-0.39, 0.29) is 25.0 Å². The van der Waals surface area contributed by atoms with E-state index in [4.69, 9.17) is 9.47 Å². The number of ether oxygens (including phenoxy) is 2. The van der Waals surface area contributed by atoms with Crippen LogP contribution in [0.2, 0.25) is 0 Å². The van der Waals surface area contributed by atoms with E-state index in [1.54, 1.807) is 25.2 Å². The molecule has 2 rings (SSSR count). The summed E-state index contributed by atoms with van der Waals surface area (Å²) in [7, 11) is 1.56.